The number of hydrogen-bond acceptors (Lipinski definition) is 3. The van der Waals surface area contributed by atoms with Crippen LogP contribution in [0.15, 0.2) is 0 Å². The normalized spacial score (nSPS) is 10.0. The van der Waals surface area contributed by atoms with Crippen molar-refractivity contribution in [1.82, 2.24) is 0 Å². The van der Waals surface area contributed by atoms with E-state index in [2.05, 4.69) is 12.6 Å². The molecule has 3 heteroatoms. The van der Waals surface area contributed by atoms with Gasteiger partial charge >= 0.3 is 0 Å². The summed E-state index contributed by atoms with van der Waals surface area (Å²) in [4.78, 5) is 0. The predicted molar refractivity (Wildman–Crippen MR) is 49.2 cm³/mol. The molecule has 0 rings (SSSR count). The highest BCUT2D eigenvalue weighted by Gasteiger charge is 1.86. The predicted octanol–water partition coefficient (Wildman–Crippen LogP) is 1.74. The Bertz CT molecular complexity index is 44.3. The van der Waals surface area contributed by atoms with Crippen molar-refractivity contribution >= 4 is 24.4 Å². The Labute approximate surface area is 67.2 Å². The van der Waals surface area contributed by atoms with E-state index in [0.717, 1.165) is 11.6 Å². The molecule has 0 radical (unpaired) electrons. The zero-order valence-corrected chi connectivity index (χ0v) is 7.39. The van der Waals surface area contributed by atoms with Crippen LogP contribution in [0.1, 0.15) is 19.3 Å². The molecule has 0 aromatic carbocycles. The Balaban J connectivity index is 2.60. The summed E-state index contributed by atoms with van der Waals surface area (Å²) in [5, 5.41) is 0.947. The summed E-state index contributed by atoms with van der Waals surface area (Å²) in [5.74, 6) is 1.24. The van der Waals surface area contributed by atoms with Crippen molar-refractivity contribution in [3.8, 4) is 0 Å². The highest BCUT2D eigenvalue weighted by Crippen LogP contribution is 2.06. The van der Waals surface area contributed by atoms with Crippen LogP contribution < -0.4 is 5.73 Å². The first kappa shape index (κ1) is 9.66. The quantitative estimate of drug-likeness (QED) is 0.356. The molecule has 0 fully saturated rings. The molecule has 56 valence electrons. The molecule has 0 heterocycles. The molecule has 0 aromatic rings. The molecule has 1 nitrogen and oxygen atoms in total. The molecular formula is C6H15NS2. The Morgan fingerprint density at radius 3 is 2.56 bits per heavy atom. The average molecular weight is 165 g/mol. The molecule has 0 aliphatic rings. The molecule has 2 N–H and O–H groups in total. The van der Waals surface area contributed by atoms with Crippen LogP contribution in [0.4, 0.5) is 0 Å². The summed E-state index contributed by atoms with van der Waals surface area (Å²) in [6.45, 7) is 0.839. The van der Waals surface area contributed by atoms with E-state index >= 15 is 0 Å². The monoisotopic (exact) mass is 165 g/mol. The second-order valence-corrected chi connectivity index (χ2v) is 3.74. The smallest absolute Gasteiger partial charge is 0.0361 e. The van der Waals surface area contributed by atoms with Crippen molar-refractivity contribution in [2.45, 2.75) is 19.3 Å². The zero-order chi connectivity index (χ0) is 6.95. The molecule has 0 amide bonds. The van der Waals surface area contributed by atoms with Crippen LogP contribution in [0.2, 0.25) is 0 Å². The number of unbranched alkanes of at least 4 members (excludes halogenated alkanes) is 2. The fraction of sp³-hybridized carbons (Fsp3) is 1.00. The third-order valence-corrected chi connectivity index (χ3v) is 2.39. The lowest BCUT2D eigenvalue weighted by Gasteiger charge is -1.95. The van der Waals surface area contributed by atoms with E-state index in [9.17, 15) is 0 Å². The fourth-order valence-corrected chi connectivity index (χ4v) is 1.51. The van der Waals surface area contributed by atoms with E-state index in [1.165, 1.54) is 25.0 Å². The Hall–Kier alpha value is 0.660. The van der Waals surface area contributed by atoms with E-state index in [0.29, 0.717) is 0 Å². The summed E-state index contributed by atoms with van der Waals surface area (Å²) in [5.41, 5.74) is 5.32. The van der Waals surface area contributed by atoms with Gasteiger partial charge in [-0.3, -0.25) is 0 Å². The highest BCUT2D eigenvalue weighted by atomic mass is 32.2. The first-order valence-electron chi connectivity index (χ1n) is 3.30. The van der Waals surface area contributed by atoms with Gasteiger partial charge in [-0.15, -0.1) is 0 Å². The van der Waals surface area contributed by atoms with Gasteiger partial charge in [0.2, 0.25) is 0 Å². The lowest BCUT2D eigenvalue weighted by Crippen LogP contribution is -1.97. The van der Waals surface area contributed by atoms with Crippen molar-refractivity contribution in [3.05, 3.63) is 0 Å². The molecule has 0 unspecified atom stereocenters. The molecule has 0 aliphatic carbocycles. The summed E-state index contributed by atoms with van der Waals surface area (Å²) < 4.78 is 0. The maximum Gasteiger partial charge on any atom is 0.0361 e. The second-order valence-electron chi connectivity index (χ2n) is 1.89. The van der Waals surface area contributed by atoms with Crippen LogP contribution in [0, 0.1) is 0 Å². The van der Waals surface area contributed by atoms with Crippen LogP contribution in [0.5, 0.6) is 0 Å². The van der Waals surface area contributed by atoms with Crippen molar-refractivity contribution in [2.75, 3.05) is 17.4 Å². The molecule has 0 spiro atoms. The van der Waals surface area contributed by atoms with E-state index in [-0.39, 0.29) is 0 Å². The fourth-order valence-electron chi connectivity index (χ4n) is 0.590. The van der Waals surface area contributed by atoms with Gasteiger partial charge in [0, 0.05) is 5.08 Å². The maximum atomic E-state index is 5.32. The summed E-state index contributed by atoms with van der Waals surface area (Å²) in [6, 6.07) is 0. The number of thioether (sulfide) groups is 1. The molecule has 0 saturated carbocycles. The first-order valence-corrected chi connectivity index (χ1v) is 5.09. The minimum Gasteiger partial charge on any atom is -0.330 e. The Kier molecular flexibility index (Phi) is 9.30. The van der Waals surface area contributed by atoms with Gasteiger partial charge in [0.1, 0.15) is 0 Å². The molecule has 0 aliphatic heterocycles. The van der Waals surface area contributed by atoms with Gasteiger partial charge in [0.15, 0.2) is 0 Å². The third-order valence-electron chi connectivity index (χ3n) is 1.08. The van der Waals surface area contributed by atoms with Crippen molar-refractivity contribution in [3.63, 3.8) is 0 Å². The summed E-state index contributed by atoms with van der Waals surface area (Å²) in [7, 11) is 0. The van der Waals surface area contributed by atoms with Gasteiger partial charge in [-0.05, 0) is 25.1 Å². The van der Waals surface area contributed by atoms with E-state index in [1.54, 1.807) is 0 Å². The molecule has 0 atom stereocenters. The third kappa shape index (κ3) is 8.66. The minimum absolute atomic E-state index is 0.839. The van der Waals surface area contributed by atoms with Gasteiger partial charge in [-0.1, -0.05) is 6.42 Å². The number of thiol groups is 1. The summed E-state index contributed by atoms with van der Waals surface area (Å²) in [6.07, 6.45) is 3.74. The van der Waals surface area contributed by atoms with E-state index in [1.807, 2.05) is 11.8 Å². The molecule has 0 aromatic heterocycles. The number of hydrogen-bond donors (Lipinski definition) is 2. The number of rotatable bonds is 6. The van der Waals surface area contributed by atoms with E-state index in [4.69, 9.17) is 5.73 Å². The molecule has 9 heavy (non-hydrogen) atoms. The standard InChI is InChI=1S/C6H15NS2/c7-4-2-1-3-5-9-6-8/h8H,1-7H2. The lowest BCUT2D eigenvalue weighted by molar-refractivity contribution is 0.733. The topological polar surface area (TPSA) is 26.0 Å². The van der Waals surface area contributed by atoms with Crippen molar-refractivity contribution < 1.29 is 0 Å². The Morgan fingerprint density at radius 2 is 2.00 bits per heavy atom. The van der Waals surface area contributed by atoms with Gasteiger partial charge in [-0.2, -0.15) is 24.4 Å². The van der Waals surface area contributed by atoms with Gasteiger partial charge in [0.25, 0.3) is 0 Å². The number of nitrogens with two attached hydrogens (primary N) is 1. The van der Waals surface area contributed by atoms with Crippen molar-refractivity contribution in [1.29, 1.82) is 0 Å². The molecular weight excluding hydrogens is 150 g/mol. The highest BCUT2D eigenvalue weighted by molar-refractivity contribution is 8.09. The van der Waals surface area contributed by atoms with Crippen LogP contribution in [-0.4, -0.2) is 17.4 Å². The maximum absolute atomic E-state index is 5.32. The zero-order valence-electron chi connectivity index (χ0n) is 5.68. The van der Waals surface area contributed by atoms with Crippen LogP contribution in [-0.2, 0) is 0 Å². The van der Waals surface area contributed by atoms with E-state index < -0.39 is 0 Å². The second kappa shape index (κ2) is 8.66. The van der Waals surface area contributed by atoms with Crippen molar-refractivity contribution in [2.24, 2.45) is 5.73 Å². The van der Waals surface area contributed by atoms with Crippen LogP contribution in [0.25, 0.3) is 0 Å². The van der Waals surface area contributed by atoms with Gasteiger partial charge in [0.05, 0.1) is 0 Å². The average Bonchev–Trinajstić information content (AvgIpc) is 1.89. The minimum atomic E-state index is 0.839. The largest absolute Gasteiger partial charge is 0.330 e. The first-order chi connectivity index (χ1) is 4.41. The Morgan fingerprint density at radius 1 is 1.22 bits per heavy atom. The van der Waals surface area contributed by atoms with Gasteiger partial charge < -0.3 is 5.73 Å². The van der Waals surface area contributed by atoms with Crippen LogP contribution >= 0.6 is 24.4 Å². The summed E-state index contributed by atoms with van der Waals surface area (Å²) >= 11 is 5.97. The molecule has 0 saturated heterocycles. The SMILES string of the molecule is NCCCCCSCS. The molecule has 0 bridgehead atoms. The van der Waals surface area contributed by atoms with Gasteiger partial charge in [-0.25, -0.2) is 0 Å². The lowest BCUT2D eigenvalue weighted by atomic mass is 10.2. The van der Waals surface area contributed by atoms with Crippen LogP contribution in [0.3, 0.4) is 0 Å².